The van der Waals surface area contributed by atoms with Gasteiger partial charge in [0.1, 0.15) is 35.9 Å². The van der Waals surface area contributed by atoms with E-state index in [0.717, 1.165) is 0 Å². The molecule has 2 heterocycles. The van der Waals surface area contributed by atoms with E-state index in [0.29, 0.717) is 11.5 Å². The molecule has 1 saturated heterocycles. The van der Waals surface area contributed by atoms with Crippen LogP contribution in [0.3, 0.4) is 0 Å². The number of ketones is 2. The molecular weight excluding hydrogens is 440 g/mol. The number of ether oxygens (including phenoxy) is 5. The largest absolute Gasteiger partial charge is 0.497 e. The van der Waals surface area contributed by atoms with Crippen molar-refractivity contribution < 1.29 is 53.7 Å². The number of hydrogen-bond donors (Lipinski definition) is 4. The van der Waals surface area contributed by atoms with Gasteiger partial charge in [-0.2, -0.15) is 0 Å². The SMILES string of the molecule is COc1cc(O[C@@H]2O[C@H](CO)[C@@H](O)[C@H](O)[C@H]2O)cc(C(=O)C(=O)c2ccc3c(c2)OCO3)c1. The van der Waals surface area contributed by atoms with E-state index in [1.165, 1.54) is 43.5 Å². The molecule has 11 nitrogen and oxygen atoms in total. The molecule has 176 valence electrons. The monoisotopic (exact) mass is 462 g/mol. The summed E-state index contributed by atoms with van der Waals surface area (Å²) in [5, 5.41) is 39.3. The van der Waals surface area contributed by atoms with Crippen LogP contribution in [-0.2, 0) is 4.74 Å². The fraction of sp³-hybridized carbons (Fsp3) is 0.364. The van der Waals surface area contributed by atoms with Crippen LogP contribution >= 0.6 is 0 Å². The zero-order valence-corrected chi connectivity index (χ0v) is 17.4. The molecule has 33 heavy (non-hydrogen) atoms. The summed E-state index contributed by atoms with van der Waals surface area (Å²) < 4.78 is 26.5. The van der Waals surface area contributed by atoms with Gasteiger partial charge in [-0.3, -0.25) is 9.59 Å². The van der Waals surface area contributed by atoms with Crippen LogP contribution in [0.15, 0.2) is 36.4 Å². The Kier molecular flexibility index (Phi) is 6.49. The predicted octanol–water partition coefficient (Wildman–Crippen LogP) is -0.332. The highest BCUT2D eigenvalue weighted by molar-refractivity contribution is 6.49. The van der Waals surface area contributed by atoms with Gasteiger partial charge in [0.25, 0.3) is 0 Å². The molecule has 0 amide bonds. The number of aliphatic hydroxyl groups is 4. The summed E-state index contributed by atoms with van der Waals surface area (Å²) in [5.74, 6) is -0.673. The lowest BCUT2D eigenvalue weighted by molar-refractivity contribution is -0.277. The first-order chi connectivity index (χ1) is 15.8. The highest BCUT2D eigenvalue weighted by Gasteiger charge is 2.44. The van der Waals surface area contributed by atoms with Crippen LogP contribution in [0.1, 0.15) is 20.7 Å². The zero-order valence-electron chi connectivity index (χ0n) is 17.4. The Hall–Kier alpha value is -3.22. The zero-order chi connectivity index (χ0) is 23.7. The minimum absolute atomic E-state index is 0.0134. The number of carbonyl (C=O) groups is 2. The maximum absolute atomic E-state index is 12.9. The molecule has 11 heteroatoms. The van der Waals surface area contributed by atoms with Crippen LogP contribution in [0, 0.1) is 0 Å². The molecule has 2 aliphatic heterocycles. The quantitative estimate of drug-likeness (QED) is 0.315. The molecule has 2 aliphatic rings. The van der Waals surface area contributed by atoms with E-state index >= 15 is 0 Å². The molecule has 2 aromatic carbocycles. The van der Waals surface area contributed by atoms with Gasteiger partial charge < -0.3 is 44.1 Å². The normalized spacial score (nSPS) is 26.0. The van der Waals surface area contributed by atoms with Gasteiger partial charge in [0, 0.05) is 17.2 Å². The van der Waals surface area contributed by atoms with Crippen LogP contribution in [0.25, 0.3) is 0 Å². The van der Waals surface area contributed by atoms with Crippen molar-refractivity contribution in [1.29, 1.82) is 0 Å². The van der Waals surface area contributed by atoms with E-state index in [1.807, 2.05) is 0 Å². The second kappa shape index (κ2) is 9.33. The number of hydrogen-bond acceptors (Lipinski definition) is 11. The molecule has 2 aromatic rings. The maximum Gasteiger partial charge on any atom is 0.233 e. The van der Waals surface area contributed by atoms with Gasteiger partial charge in [0.2, 0.25) is 24.6 Å². The average Bonchev–Trinajstić information content (AvgIpc) is 3.31. The standard InChI is InChI=1S/C22H22O11/c1-29-12-4-11(18(25)17(24)10-2-3-14-15(6-10)31-9-30-14)5-13(7-12)32-22-21(28)20(27)19(26)16(8-23)33-22/h2-7,16,19-23,26-28H,8-9H2,1H3/t16-,19-,20+,21-,22-/m1/s1. The number of rotatable bonds is 7. The first-order valence-corrected chi connectivity index (χ1v) is 9.97. The fourth-order valence-electron chi connectivity index (χ4n) is 3.49. The summed E-state index contributed by atoms with van der Waals surface area (Å²) in [6.07, 6.45) is -7.48. The Morgan fingerprint density at radius 1 is 0.909 bits per heavy atom. The predicted molar refractivity (Wildman–Crippen MR) is 109 cm³/mol. The minimum Gasteiger partial charge on any atom is -0.497 e. The third kappa shape index (κ3) is 4.49. The molecule has 0 saturated carbocycles. The molecule has 0 radical (unpaired) electrons. The van der Waals surface area contributed by atoms with E-state index in [4.69, 9.17) is 23.7 Å². The third-order valence-corrected chi connectivity index (χ3v) is 5.32. The summed E-state index contributed by atoms with van der Waals surface area (Å²) in [7, 11) is 1.35. The lowest BCUT2D eigenvalue weighted by Crippen LogP contribution is -2.60. The molecule has 4 rings (SSSR count). The van der Waals surface area contributed by atoms with E-state index in [1.54, 1.807) is 0 Å². The van der Waals surface area contributed by atoms with Gasteiger partial charge in [-0.1, -0.05) is 0 Å². The molecule has 4 N–H and O–H groups in total. The van der Waals surface area contributed by atoms with Crippen molar-refractivity contribution in [3.8, 4) is 23.0 Å². The van der Waals surface area contributed by atoms with Crippen molar-refractivity contribution in [3.63, 3.8) is 0 Å². The highest BCUT2D eigenvalue weighted by Crippen LogP contribution is 2.33. The van der Waals surface area contributed by atoms with Crippen molar-refractivity contribution >= 4 is 11.6 Å². The van der Waals surface area contributed by atoms with Gasteiger partial charge in [0.05, 0.1) is 13.7 Å². The Balaban J connectivity index is 1.57. The summed E-state index contributed by atoms with van der Waals surface area (Å²) in [6, 6.07) is 8.35. The number of aliphatic hydroxyl groups excluding tert-OH is 4. The lowest BCUT2D eigenvalue weighted by atomic mass is 9.99. The van der Waals surface area contributed by atoms with E-state index in [-0.39, 0.29) is 29.4 Å². The number of benzene rings is 2. The molecule has 0 aromatic heterocycles. The van der Waals surface area contributed by atoms with Crippen LogP contribution in [-0.4, -0.2) is 83.2 Å². The average molecular weight is 462 g/mol. The first-order valence-electron chi connectivity index (χ1n) is 9.97. The molecule has 1 fully saturated rings. The number of methoxy groups -OCH3 is 1. The first kappa shape index (κ1) is 23.0. The van der Waals surface area contributed by atoms with E-state index < -0.39 is 48.9 Å². The lowest BCUT2D eigenvalue weighted by Gasteiger charge is -2.39. The Labute approximate surface area is 187 Å². The van der Waals surface area contributed by atoms with E-state index in [9.17, 15) is 30.0 Å². The number of carbonyl (C=O) groups excluding carboxylic acids is 2. The van der Waals surface area contributed by atoms with Crippen molar-refractivity contribution in [2.45, 2.75) is 30.7 Å². The topological polar surface area (TPSA) is 161 Å². The molecule has 0 unspecified atom stereocenters. The molecule has 0 bridgehead atoms. The van der Waals surface area contributed by atoms with Crippen LogP contribution in [0.4, 0.5) is 0 Å². The molecule has 0 spiro atoms. The van der Waals surface area contributed by atoms with Gasteiger partial charge in [-0.25, -0.2) is 0 Å². The highest BCUT2D eigenvalue weighted by atomic mass is 16.7. The van der Waals surface area contributed by atoms with Gasteiger partial charge in [0.15, 0.2) is 11.5 Å². The van der Waals surface area contributed by atoms with Gasteiger partial charge in [-0.05, 0) is 30.3 Å². The van der Waals surface area contributed by atoms with Crippen molar-refractivity contribution in [2.24, 2.45) is 0 Å². The van der Waals surface area contributed by atoms with Crippen LogP contribution < -0.4 is 18.9 Å². The smallest absolute Gasteiger partial charge is 0.233 e. The summed E-state index contributed by atoms with van der Waals surface area (Å²) in [4.78, 5) is 25.7. The second-order valence-corrected chi connectivity index (χ2v) is 7.44. The van der Waals surface area contributed by atoms with Gasteiger partial charge in [-0.15, -0.1) is 0 Å². The number of fused-ring (bicyclic) bond motifs is 1. The summed E-state index contributed by atoms with van der Waals surface area (Å²) >= 11 is 0. The summed E-state index contributed by atoms with van der Waals surface area (Å²) in [5.41, 5.74) is 0.0417. The Morgan fingerprint density at radius 2 is 1.61 bits per heavy atom. The van der Waals surface area contributed by atoms with Crippen molar-refractivity contribution in [2.75, 3.05) is 20.5 Å². The van der Waals surface area contributed by atoms with Gasteiger partial charge >= 0.3 is 0 Å². The maximum atomic E-state index is 12.9. The van der Waals surface area contributed by atoms with Crippen molar-refractivity contribution in [1.82, 2.24) is 0 Å². The fourth-order valence-corrected chi connectivity index (χ4v) is 3.49. The molecular formula is C22H22O11. The minimum atomic E-state index is -1.65. The third-order valence-electron chi connectivity index (χ3n) is 5.32. The number of Topliss-reactive ketones (excluding diaryl/α,β-unsaturated/α-hetero) is 2. The molecule has 0 aliphatic carbocycles. The Morgan fingerprint density at radius 3 is 2.33 bits per heavy atom. The Bertz CT molecular complexity index is 1050. The summed E-state index contributed by atoms with van der Waals surface area (Å²) in [6.45, 7) is -0.605. The van der Waals surface area contributed by atoms with Crippen LogP contribution in [0.5, 0.6) is 23.0 Å². The van der Waals surface area contributed by atoms with E-state index in [2.05, 4.69) is 0 Å². The van der Waals surface area contributed by atoms with Crippen LogP contribution in [0.2, 0.25) is 0 Å². The second-order valence-electron chi connectivity index (χ2n) is 7.44. The van der Waals surface area contributed by atoms with Crippen molar-refractivity contribution in [3.05, 3.63) is 47.5 Å². The molecule has 5 atom stereocenters.